The third-order valence-electron chi connectivity index (χ3n) is 5.49. The van der Waals surface area contributed by atoms with Crippen molar-refractivity contribution in [3.63, 3.8) is 0 Å². The van der Waals surface area contributed by atoms with Crippen molar-refractivity contribution in [2.24, 2.45) is 5.92 Å². The minimum atomic E-state index is -0.680. The number of hydrogen-bond acceptors (Lipinski definition) is 6. The first-order chi connectivity index (χ1) is 16.4. The molecule has 34 heavy (non-hydrogen) atoms. The summed E-state index contributed by atoms with van der Waals surface area (Å²) in [6, 6.07) is 10.9. The summed E-state index contributed by atoms with van der Waals surface area (Å²) < 4.78 is 5.36. The molecule has 7 nitrogen and oxygen atoms in total. The predicted molar refractivity (Wildman–Crippen MR) is 134 cm³/mol. The molecule has 0 atom stereocenters. The number of ether oxygens (including phenoxy) is 1. The number of allylic oxidation sites excluding steroid dienone is 1. The number of aromatic nitrogens is 1. The molecule has 1 aliphatic carbocycles. The van der Waals surface area contributed by atoms with Crippen molar-refractivity contribution in [3.05, 3.63) is 63.5 Å². The van der Waals surface area contributed by atoms with Crippen LogP contribution in [-0.4, -0.2) is 36.0 Å². The maximum atomic E-state index is 13.2. The average Bonchev–Trinajstić information content (AvgIpc) is 3.33. The molecule has 0 bridgehead atoms. The van der Waals surface area contributed by atoms with Gasteiger partial charge in [-0.1, -0.05) is 38.1 Å². The number of nitrogens with one attached hydrogen (secondary N) is 2. The van der Waals surface area contributed by atoms with Gasteiger partial charge in [-0.15, -0.1) is 11.3 Å². The van der Waals surface area contributed by atoms with Crippen LogP contribution in [0.1, 0.15) is 53.2 Å². The first-order valence-electron chi connectivity index (χ1n) is 11.3. The van der Waals surface area contributed by atoms with Gasteiger partial charge in [-0.25, -0.2) is 14.6 Å². The summed E-state index contributed by atoms with van der Waals surface area (Å²) in [7, 11) is 0. The van der Waals surface area contributed by atoms with Crippen molar-refractivity contribution in [2.45, 2.75) is 33.1 Å². The van der Waals surface area contributed by atoms with Gasteiger partial charge < -0.3 is 10.1 Å². The number of esters is 1. The summed E-state index contributed by atoms with van der Waals surface area (Å²) in [5.41, 5.74) is 3.87. The zero-order valence-electron chi connectivity index (χ0n) is 19.2. The average molecular weight is 478 g/mol. The van der Waals surface area contributed by atoms with Gasteiger partial charge in [0.2, 0.25) is 0 Å². The molecule has 0 saturated heterocycles. The van der Waals surface area contributed by atoms with Crippen molar-refractivity contribution in [3.8, 4) is 0 Å². The Kier molecular flexibility index (Phi) is 7.37. The monoisotopic (exact) mass is 477 g/mol. The van der Waals surface area contributed by atoms with Gasteiger partial charge in [-0.2, -0.15) is 0 Å². The minimum Gasteiger partial charge on any atom is -0.452 e. The molecule has 176 valence electrons. The Hall–Kier alpha value is -3.52. The Labute approximate surface area is 202 Å². The van der Waals surface area contributed by atoms with E-state index in [0.717, 1.165) is 34.5 Å². The molecular weight excluding hydrogens is 450 g/mol. The van der Waals surface area contributed by atoms with Crippen molar-refractivity contribution in [1.29, 1.82) is 0 Å². The van der Waals surface area contributed by atoms with Gasteiger partial charge in [0.25, 0.3) is 5.91 Å². The predicted octanol–water partition coefficient (Wildman–Crippen LogP) is 4.81. The molecule has 2 heterocycles. The van der Waals surface area contributed by atoms with Gasteiger partial charge >= 0.3 is 12.0 Å². The van der Waals surface area contributed by atoms with E-state index in [9.17, 15) is 14.4 Å². The lowest BCUT2D eigenvalue weighted by Gasteiger charge is -2.22. The zero-order valence-corrected chi connectivity index (χ0v) is 20.0. The van der Waals surface area contributed by atoms with Gasteiger partial charge in [0.1, 0.15) is 0 Å². The number of pyridine rings is 1. The fourth-order valence-electron chi connectivity index (χ4n) is 3.96. The molecule has 2 aromatic heterocycles. The fraction of sp³-hybridized carbons (Fsp3) is 0.308. The Morgan fingerprint density at radius 2 is 1.97 bits per heavy atom. The number of thiophene rings is 1. The summed E-state index contributed by atoms with van der Waals surface area (Å²) >= 11 is 1.65. The van der Waals surface area contributed by atoms with E-state index in [2.05, 4.69) is 22.8 Å². The van der Waals surface area contributed by atoms with Gasteiger partial charge in [0.05, 0.1) is 16.8 Å². The van der Waals surface area contributed by atoms with Gasteiger partial charge in [-0.05, 0) is 59.9 Å². The van der Waals surface area contributed by atoms with E-state index in [1.165, 1.54) is 0 Å². The number of hydrogen-bond donors (Lipinski definition) is 2. The summed E-state index contributed by atoms with van der Waals surface area (Å²) in [5.74, 6) is -1.02. The molecule has 3 aromatic rings. The van der Waals surface area contributed by atoms with E-state index in [0.29, 0.717) is 29.4 Å². The van der Waals surface area contributed by atoms with Crippen LogP contribution in [0.2, 0.25) is 0 Å². The van der Waals surface area contributed by atoms with Crippen LogP contribution in [0.3, 0.4) is 0 Å². The first kappa shape index (κ1) is 23.6. The van der Waals surface area contributed by atoms with Gasteiger partial charge in [-0.3, -0.25) is 10.1 Å². The smallest absolute Gasteiger partial charge is 0.339 e. The maximum absolute atomic E-state index is 13.2. The molecule has 1 aliphatic rings. The summed E-state index contributed by atoms with van der Waals surface area (Å²) in [6.45, 7) is 3.79. The summed E-state index contributed by atoms with van der Waals surface area (Å²) in [4.78, 5) is 43.2. The van der Waals surface area contributed by atoms with Crippen LogP contribution in [0.25, 0.3) is 22.6 Å². The van der Waals surface area contributed by atoms with Crippen LogP contribution in [0.5, 0.6) is 0 Å². The lowest BCUT2D eigenvalue weighted by atomic mass is 9.86. The Balaban J connectivity index is 1.59. The van der Waals surface area contributed by atoms with Crippen LogP contribution >= 0.6 is 11.3 Å². The van der Waals surface area contributed by atoms with Crippen molar-refractivity contribution >= 4 is 51.8 Å². The van der Waals surface area contributed by atoms with Crippen molar-refractivity contribution in [2.75, 3.05) is 13.2 Å². The highest BCUT2D eigenvalue weighted by Crippen LogP contribution is 2.36. The second kappa shape index (κ2) is 10.6. The van der Waals surface area contributed by atoms with Crippen molar-refractivity contribution in [1.82, 2.24) is 15.6 Å². The van der Waals surface area contributed by atoms with E-state index >= 15 is 0 Å². The van der Waals surface area contributed by atoms with E-state index in [1.807, 2.05) is 49.6 Å². The fourth-order valence-corrected chi connectivity index (χ4v) is 4.64. The van der Waals surface area contributed by atoms with Crippen LogP contribution in [0.4, 0.5) is 4.79 Å². The lowest BCUT2D eigenvalue weighted by Crippen LogP contribution is -2.42. The van der Waals surface area contributed by atoms with E-state index in [4.69, 9.17) is 9.72 Å². The minimum absolute atomic E-state index is 0.253. The number of para-hydroxylation sites is 1. The Bertz CT molecular complexity index is 1250. The summed E-state index contributed by atoms with van der Waals surface area (Å²) in [6.07, 6.45) is 4.59. The largest absolute Gasteiger partial charge is 0.452 e. The van der Waals surface area contributed by atoms with Crippen molar-refractivity contribution < 1.29 is 19.1 Å². The number of urea groups is 1. The Morgan fingerprint density at radius 3 is 2.74 bits per heavy atom. The normalized spacial score (nSPS) is 14.1. The second-order valence-corrected chi connectivity index (χ2v) is 9.58. The number of amides is 3. The quantitative estimate of drug-likeness (QED) is 0.497. The molecule has 0 unspecified atom stereocenters. The van der Waals surface area contributed by atoms with E-state index in [1.54, 1.807) is 11.3 Å². The number of carbonyl (C=O) groups excluding carboxylic acids is 3. The zero-order chi connectivity index (χ0) is 24.1. The van der Waals surface area contributed by atoms with Gasteiger partial charge in [0, 0.05) is 16.8 Å². The van der Waals surface area contributed by atoms with Gasteiger partial charge in [0.15, 0.2) is 6.61 Å². The van der Waals surface area contributed by atoms with Crippen LogP contribution in [-0.2, 0) is 16.0 Å². The molecule has 0 saturated carbocycles. The second-order valence-electron chi connectivity index (χ2n) is 8.60. The molecule has 0 fully saturated rings. The molecule has 4 rings (SSSR count). The summed E-state index contributed by atoms with van der Waals surface area (Å²) in [5, 5.41) is 7.50. The third kappa shape index (κ3) is 5.51. The molecule has 8 heteroatoms. The third-order valence-corrected chi connectivity index (χ3v) is 6.31. The molecule has 0 aliphatic heterocycles. The number of rotatable bonds is 6. The highest BCUT2D eigenvalue weighted by Gasteiger charge is 2.26. The van der Waals surface area contributed by atoms with E-state index in [-0.39, 0.29) is 5.92 Å². The molecule has 0 radical (unpaired) electrons. The molecular formula is C26H27N3O4S. The molecule has 3 amide bonds. The Morgan fingerprint density at radius 1 is 1.15 bits per heavy atom. The number of nitrogens with zero attached hydrogens (tertiary/aromatic N) is 1. The number of fused-ring (bicyclic) bond motifs is 2. The molecule has 1 aromatic carbocycles. The van der Waals surface area contributed by atoms with E-state index < -0.39 is 24.5 Å². The highest BCUT2D eigenvalue weighted by atomic mass is 32.1. The first-order valence-corrected chi connectivity index (χ1v) is 12.2. The maximum Gasteiger partial charge on any atom is 0.339 e. The number of carbonyl (C=O) groups is 3. The highest BCUT2D eigenvalue weighted by molar-refractivity contribution is 7.10. The lowest BCUT2D eigenvalue weighted by molar-refractivity contribution is -0.123. The topological polar surface area (TPSA) is 97.4 Å². The molecule has 2 N–H and O–H groups in total. The van der Waals surface area contributed by atoms with Crippen LogP contribution in [0, 0.1) is 5.92 Å². The SMILES string of the molecule is CC(C)CNC(=O)NC(=O)COC(=O)c1c2c(nc3ccccc13)C(=Cc1cccs1)CCC2. The molecule has 0 spiro atoms. The van der Waals surface area contributed by atoms with Crippen LogP contribution < -0.4 is 10.6 Å². The number of imide groups is 1. The van der Waals surface area contributed by atoms with Crippen LogP contribution in [0.15, 0.2) is 41.8 Å². The number of benzene rings is 1. The standard InChI is InChI=1S/C26H27N3O4S/c1-16(2)14-27-26(32)29-22(30)15-33-25(31)23-19-9-3-4-11-21(19)28-24-17(7-5-10-20(23)24)13-18-8-6-12-34-18/h3-4,6,8-9,11-13,16H,5,7,10,14-15H2,1-2H3,(H2,27,29,30,32).